The average molecular weight is 373 g/mol. The minimum absolute atomic E-state index is 0.00198. The smallest absolute Gasteiger partial charge is 0.224 e. The highest BCUT2D eigenvalue weighted by Crippen LogP contribution is 2.38. The van der Waals surface area contributed by atoms with Crippen molar-refractivity contribution in [3.8, 4) is 0 Å². The van der Waals surface area contributed by atoms with Crippen LogP contribution in [0.4, 0.5) is 0 Å². The SMILES string of the molecule is CCCCCCC1=CC(=O)C2=C(OC(C)CC2CCC/C=C(\C)CC)C1=O. The van der Waals surface area contributed by atoms with Gasteiger partial charge in [-0.05, 0) is 70.8 Å². The molecule has 2 atom stereocenters. The quantitative estimate of drug-likeness (QED) is 0.259. The van der Waals surface area contributed by atoms with Crippen LogP contribution < -0.4 is 0 Å². The van der Waals surface area contributed by atoms with E-state index < -0.39 is 0 Å². The van der Waals surface area contributed by atoms with E-state index in [-0.39, 0.29) is 23.6 Å². The predicted molar refractivity (Wildman–Crippen MR) is 110 cm³/mol. The molecule has 0 bridgehead atoms. The van der Waals surface area contributed by atoms with E-state index in [9.17, 15) is 9.59 Å². The Kier molecular flexibility index (Phi) is 8.53. The van der Waals surface area contributed by atoms with Crippen molar-refractivity contribution in [1.82, 2.24) is 0 Å². The van der Waals surface area contributed by atoms with Gasteiger partial charge in [-0.3, -0.25) is 9.59 Å². The molecule has 2 aliphatic rings. The minimum Gasteiger partial charge on any atom is -0.486 e. The third kappa shape index (κ3) is 5.92. The van der Waals surface area contributed by atoms with E-state index in [1.54, 1.807) is 6.08 Å². The van der Waals surface area contributed by atoms with Gasteiger partial charge >= 0.3 is 0 Å². The first-order valence-electron chi connectivity index (χ1n) is 10.8. The molecule has 0 radical (unpaired) electrons. The van der Waals surface area contributed by atoms with Crippen molar-refractivity contribution in [2.75, 3.05) is 0 Å². The third-order valence-electron chi connectivity index (χ3n) is 5.76. The van der Waals surface area contributed by atoms with Gasteiger partial charge in [0.1, 0.15) is 0 Å². The summed E-state index contributed by atoms with van der Waals surface area (Å²) in [6.45, 7) is 8.51. The van der Waals surface area contributed by atoms with Gasteiger partial charge < -0.3 is 4.74 Å². The zero-order valence-corrected chi connectivity index (χ0v) is 17.6. The first-order valence-corrected chi connectivity index (χ1v) is 10.8. The summed E-state index contributed by atoms with van der Waals surface area (Å²) >= 11 is 0. The van der Waals surface area contributed by atoms with Gasteiger partial charge in [0.2, 0.25) is 5.78 Å². The van der Waals surface area contributed by atoms with Crippen molar-refractivity contribution in [1.29, 1.82) is 0 Å². The topological polar surface area (TPSA) is 43.4 Å². The summed E-state index contributed by atoms with van der Waals surface area (Å²) in [6, 6.07) is 0. The van der Waals surface area contributed by atoms with Crippen molar-refractivity contribution in [3.05, 3.63) is 34.6 Å². The number of hydrogen-bond acceptors (Lipinski definition) is 3. The minimum atomic E-state index is -0.0422. The number of carbonyl (C=O) groups excluding carboxylic acids is 2. The van der Waals surface area contributed by atoms with Crippen molar-refractivity contribution in [2.24, 2.45) is 5.92 Å². The summed E-state index contributed by atoms with van der Waals surface area (Å²) in [5.41, 5.74) is 2.70. The van der Waals surface area contributed by atoms with Crippen molar-refractivity contribution in [3.63, 3.8) is 0 Å². The molecule has 0 fully saturated rings. The summed E-state index contributed by atoms with van der Waals surface area (Å²) in [5, 5.41) is 0. The van der Waals surface area contributed by atoms with Crippen molar-refractivity contribution < 1.29 is 14.3 Å². The molecule has 0 aromatic carbocycles. The second-order valence-electron chi connectivity index (χ2n) is 8.11. The molecule has 0 aromatic rings. The van der Waals surface area contributed by atoms with Gasteiger partial charge in [0.05, 0.1) is 6.10 Å². The van der Waals surface area contributed by atoms with E-state index in [4.69, 9.17) is 4.74 Å². The summed E-state index contributed by atoms with van der Waals surface area (Å²) in [6.07, 6.45) is 13.9. The van der Waals surface area contributed by atoms with Crippen LogP contribution in [0.3, 0.4) is 0 Å². The number of hydrogen-bond donors (Lipinski definition) is 0. The fourth-order valence-corrected chi connectivity index (χ4v) is 4.00. The Morgan fingerprint density at radius 2 is 1.96 bits per heavy atom. The molecular weight excluding hydrogens is 336 g/mol. The molecule has 1 heterocycles. The summed E-state index contributed by atoms with van der Waals surface area (Å²) in [7, 11) is 0. The molecule has 0 N–H and O–H groups in total. The van der Waals surface area contributed by atoms with E-state index in [0.29, 0.717) is 23.3 Å². The van der Waals surface area contributed by atoms with Gasteiger partial charge in [0, 0.05) is 11.1 Å². The fourth-order valence-electron chi connectivity index (χ4n) is 4.00. The van der Waals surface area contributed by atoms with Gasteiger partial charge in [-0.2, -0.15) is 0 Å². The first-order chi connectivity index (χ1) is 13.0. The van der Waals surface area contributed by atoms with Gasteiger partial charge in [-0.25, -0.2) is 0 Å². The van der Waals surface area contributed by atoms with E-state index in [1.165, 1.54) is 12.0 Å². The molecule has 3 nitrogen and oxygen atoms in total. The lowest BCUT2D eigenvalue weighted by molar-refractivity contribution is -0.121. The maximum absolute atomic E-state index is 12.9. The lowest BCUT2D eigenvalue weighted by Crippen LogP contribution is -2.33. The van der Waals surface area contributed by atoms with Crippen LogP contribution >= 0.6 is 0 Å². The molecule has 1 aliphatic carbocycles. The highest BCUT2D eigenvalue weighted by molar-refractivity contribution is 6.22. The zero-order chi connectivity index (χ0) is 19.8. The summed E-state index contributed by atoms with van der Waals surface area (Å²) in [5.74, 6) is 0.470. The molecule has 3 heteroatoms. The number of unbranched alkanes of at least 4 members (excludes halogenated alkanes) is 4. The number of rotatable bonds is 10. The van der Waals surface area contributed by atoms with Crippen LogP contribution in [0.25, 0.3) is 0 Å². The molecule has 27 heavy (non-hydrogen) atoms. The molecule has 2 unspecified atom stereocenters. The van der Waals surface area contributed by atoms with Gasteiger partial charge in [-0.1, -0.05) is 44.8 Å². The molecule has 150 valence electrons. The Balaban J connectivity index is 2.05. The summed E-state index contributed by atoms with van der Waals surface area (Å²) < 4.78 is 5.88. The molecule has 0 saturated carbocycles. The second-order valence-corrected chi connectivity index (χ2v) is 8.11. The Hall–Kier alpha value is -1.64. The van der Waals surface area contributed by atoms with Gasteiger partial charge in [-0.15, -0.1) is 0 Å². The normalized spacial score (nSPS) is 23.3. The van der Waals surface area contributed by atoms with E-state index in [2.05, 4.69) is 26.8 Å². The molecule has 1 aliphatic heterocycles. The Labute approximate surface area is 164 Å². The number of Topliss-reactive ketones (excluding diaryl/α,β-unsaturated/α-hetero) is 1. The molecule has 2 rings (SSSR count). The fraction of sp³-hybridized carbons (Fsp3) is 0.667. The van der Waals surface area contributed by atoms with Crippen LogP contribution in [-0.2, 0) is 14.3 Å². The summed E-state index contributed by atoms with van der Waals surface area (Å²) in [4.78, 5) is 25.7. The Morgan fingerprint density at radius 1 is 1.19 bits per heavy atom. The third-order valence-corrected chi connectivity index (χ3v) is 5.76. The monoisotopic (exact) mass is 372 g/mol. The Bertz CT molecular complexity index is 636. The van der Waals surface area contributed by atoms with Crippen LogP contribution in [0.2, 0.25) is 0 Å². The largest absolute Gasteiger partial charge is 0.486 e. The lowest BCUT2D eigenvalue weighted by Gasteiger charge is -2.33. The highest BCUT2D eigenvalue weighted by atomic mass is 16.5. The van der Waals surface area contributed by atoms with Crippen LogP contribution in [-0.4, -0.2) is 17.7 Å². The van der Waals surface area contributed by atoms with Gasteiger partial charge in [0.15, 0.2) is 11.5 Å². The standard InChI is InChI=1S/C24H36O3/c1-5-7-8-9-14-20-16-21(25)22-19(13-11-10-12-17(3)6-2)15-18(4)27-24(22)23(20)26/h12,16,18-19H,5-11,13-15H2,1-4H3/b17-12+. The van der Waals surface area contributed by atoms with Crippen molar-refractivity contribution in [2.45, 2.75) is 98.0 Å². The maximum atomic E-state index is 12.9. The number of carbonyl (C=O) groups is 2. The highest BCUT2D eigenvalue weighted by Gasteiger charge is 2.38. The second kappa shape index (κ2) is 10.6. The molecule has 0 spiro atoms. The molecular formula is C24H36O3. The maximum Gasteiger partial charge on any atom is 0.224 e. The van der Waals surface area contributed by atoms with Crippen LogP contribution in [0.1, 0.15) is 91.9 Å². The van der Waals surface area contributed by atoms with Crippen molar-refractivity contribution >= 4 is 11.6 Å². The van der Waals surface area contributed by atoms with Crippen LogP contribution in [0.15, 0.2) is 34.6 Å². The van der Waals surface area contributed by atoms with E-state index in [0.717, 1.165) is 51.4 Å². The van der Waals surface area contributed by atoms with E-state index >= 15 is 0 Å². The zero-order valence-electron chi connectivity index (χ0n) is 17.6. The molecule has 0 saturated heterocycles. The van der Waals surface area contributed by atoms with E-state index in [1.807, 2.05) is 6.92 Å². The van der Waals surface area contributed by atoms with Crippen LogP contribution in [0.5, 0.6) is 0 Å². The van der Waals surface area contributed by atoms with Crippen LogP contribution in [0, 0.1) is 5.92 Å². The lowest BCUT2D eigenvalue weighted by atomic mass is 9.79. The predicted octanol–water partition coefficient (Wildman–Crippen LogP) is 6.24. The number of allylic oxidation sites excluding steroid dienone is 5. The molecule has 0 amide bonds. The van der Waals surface area contributed by atoms with Gasteiger partial charge in [0.25, 0.3) is 0 Å². The number of ether oxygens (including phenoxy) is 1. The Morgan fingerprint density at radius 3 is 2.67 bits per heavy atom. The first kappa shape index (κ1) is 21.7. The number of ketones is 2. The average Bonchev–Trinajstić information content (AvgIpc) is 2.65. The molecule has 0 aromatic heterocycles.